The van der Waals surface area contributed by atoms with E-state index in [0.717, 1.165) is 32.2 Å². The molecule has 2 N–H and O–H groups in total. The van der Waals surface area contributed by atoms with Gasteiger partial charge < -0.3 is 15.4 Å². The van der Waals surface area contributed by atoms with Crippen LogP contribution in [0.25, 0.3) is 0 Å². The molecule has 0 radical (unpaired) electrons. The van der Waals surface area contributed by atoms with Crippen LogP contribution in [0.2, 0.25) is 0 Å². The Bertz CT molecular complexity index is 637. The van der Waals surface area contributed by atoms with Crippen LogP contribution in [-0.2, 0) is 16.1 Å². The molecule has 1 aromatic carbocycles. The van der Waals surface area contributed by atoms with E-state index in [2.05, 4.69) is 31.6 Å². The van der Waals surface area contributed by atoms with Crippen molar-refractivity contribution in [3.8, 4) is 0 Å². The molecular weight excluding hydrogens is 528 g/mol. The van der Waals surface area contributed by atoms with Crippen LogP contribution in [-0.4, -0.2) is 31.1 Å². The molecule has 0 amide bonds. The minimum Gasteiger partial charge on any atom is -0.466 e. The molecule has 0 spiro atoms. The molecule has 0 unspecified atom stereocenters. The second kappa shape index (κ2) is 12.5. The molecule has 1 fully saturated rings. The number of guanidine groups is 1. The number of benzene rings is 1. The van der Waals surface area contributed by atoms with Crippen LogP contribution in [0.4, 0.5) is 4.39 Å². The Hall–Kier alpha value is -0.900. The number of nitrogens with zero attached hydrogens (tertiary/aromatic N) is 1. The van der Waals surface area contributed by atoms with Gasteiger partial charge in [0.15, 0.2) is 5.96 Å². The number of aliphatic imine (C=N–C) groups is 1. The third-order valence-corrected chi connectivity index (χ3v) is 4.95. The van der Waals surface area contributed by atoms with E-state index in [-0.39, 0.29) is 54.3 Å². The van der Waals surface area contributed by atoms with Crippen molar-refractivity contribution in [1.29, 1.82) is 0 Å². The number of hydrogen-bond donors (Lipinski definition) is 2. The Labute approximate surface area is 186 Å². The molecule has 2 rings (SSSR count). The molecule has 1 aliphatic carbocycles. The van der Waals surface area contributed by atoms with Crippen LogP contribution in [0.5, 0.6) is 0 Å². The molecule has 0 bridgehead atoms. The SMILES string of the molecule is CCNC(=NCc1ccc(Br)cc1F)NC1CCC(C(=O)OCC)CC1.I. The molecule has 1 aromatic rings. The Morgan fingerprint density at radius 2 is 2.00 bits per heavy atom. The van der Waals surface area contributed by atoms with Crippen molar-refractivity contribution in [1.82, 2.24) is 10.6 Å². The van der Waals surface area contributed by atoms with Crippen molar-refractivity contribution < 1.29 is 13.9 Å². The first-order valence-corrected chi connectivity index (χ1v) is 9.98. The van der Waals surface area contributed by atoms with Gasteiger partial charge in [-0.15, -0.1) is 24.0 Å². The molecule has 1 saturated carbocycles. The van der Waals surface area contributed by atoms with Crippen LogP contribution < -0.4 is 10.6 Å². The van der Waals surface area contributed by atoms with Gasteiger partial charge in [-0.25, -0.2) is 9.38 Å². The Kier molecular flexibility index (Phi) is 11.2. The predicted molar refractivity (Wildman–Crippen MR) is 120 cm³/mol. The summed E-state index contributed by atoms with van der Waals surface area (Å²) in [6.07, 6.45) is 3.41. The topological polar surface area (TPSA) is 62.7 Å². The molecule has 0 saturated heterocycles. The van der Waals surface area contributed by atoms with Gasteiger partial charge in [0.25, 0.3) is 0 Å². The number of carbonyl (C=O) groups excluding carboxylic acids is 1. The number of nitrogens with one attached hydrogen (secondary N) is 2. The summed E-state index contributed by atoms with van der Waals surface area (Å²) in [5.41, 5.74) is 0.552. The first-order chi connectivity index (χ1) is 12.5. The van der Waals surface area contributed by atoms with E-state index < -0.39 is 0 Å². The summed E-state index contributed by atoms with van der Waals surface area (Å²) in [7, 11) is 0. The van der Waals surface area contributed by atoms with Crippen LogP contribution in [0, 0.1) is 11.7 Å². The smallest absolute Gasteiger partial charge is 0.308 e. The van der Waals surface area contributed by atoms with Gasteiger partial charge in [-0.05, 0) is 51.7 Å². The van der Waals surface area contributed by atoms with E-state index in [1.54, 1.807) is 6.07 Å². The van der Waals surface area contributed by atoms with Gasteiger partial charge in [0.1, 0.15) is 5.82 Å². The highest BCUT2D eigenvalue weighted by molar-refractivity contribution is 14.0. The molecule has 0 aliphatic heterocycles. The predicted octanol–water partition coefficient (Wildman–Crippen LogP) is 4.38. The maximum absolute atomic E-state index is 13.9. The number of rotatable bonds is 6. The fourth-order valence-corrected chi connectivity index (χ4v) is 3.39. The van der Waals surface area contributed by atoms with E-state index in [9.17, 15) is 9.18 Å². The highest BCUT2D eigenvalue weighted by Crippen LogP contribution is 2.25. The minimum absolute atomic E-state index is 0. The molecule has 0 heterocycles. The Balaban J connectivity index is 0.00000364. The van der Waals surface area contributed by atoms with Crippen molar-refractivity contribution >= 4 is 51.8 Å². The second-order valence-corrected chi connectivity index (χ2v) is 7.29. The fourth-order valence-electron chi connectivity index (χ4n) is 3.06. The average molecular weight is 556 g/mol. The molecule has 5 nitrogen and oxygen atoms in total. The van der Waals surface area contributed by atoms with Gasteiger partial charge in [-0.1, -0.05) is 22.0 Å². The second-order valence-electron chi connectivity index (χ2n) is 6.38. The number of carbonyl (C=O) groups is 1. The Morgan fingerprint density at radius 3 is 2.59 bits per heavy atom. The monoisotopic (exact) mass is 555 g/mol. The van der Waals surface area contributed by atoms with E-state index in [1.807, 2.05) is 19.9 Å². The third kappa shape index (κ3) is 7.93. The van der Waals surface area contributed by atoms with Crippen molar-refractivity contribution in [3.05, 3.63) is 34.1 Å². The normalized spacial score (nSPS) is 19.8. The zero-order valence-corrected chi connectivity index (χ0v) is 19.7. The van der Waals surface area contributed by atoms with Gasteiger partial charge >= 0.3 is 5.97 Å². The molecule has 0 atom stereocenters. The number of hydrogen-bond acceptors (Lipinski definition) is 3. The Morgan fingerprint density at radius 1 is 1.30 bits per heavy atom. The highest BCUT2D eigenvalue weighted by atomic mass is 127. The first-order valence-electron chi connectivity index (χ1n) is 9.18. The van der Waals surface area contributed by atoms with E-state index in [0.29, 0.717) is 22.6 Å². The van der Waals surface area contributed by atoms with Crippen molar-refractivity contribution in [2.75, 3.05) is 13.2 Å². The zero-order chi connectivity index (χ0) is 18.9. The molecule has 27 heavy (non-hydrogen) atoms. The lowest BCUT2D eigenvalue weighted by molar-refractivity contribution is -0.149. The van der Waals surface area contributed by atoms with Crippen molar-refractivity contribution in [2.45, 2.75) is 52.1 Å². The van der Waals surface area contributed by atoms with Gasteiger partial charge in [0, 0.05) is 22.6 Å². The number of ether oxygens (including phenoxy) is 1. The van der Waals surface area contributed by atoms with Gasteiger partial charge in [0.2, 0.25) is 0 Å². The summed E-state index contributed by atoms with van der Waals surface area (Å²) in [5.74, 6) is 0.324. The molecule has 8 heteroatoms. The molecule has 0 aromatic heterocycles. The maximum atomic E-state index is 13.9. The molecule has 1 aliphatic rings. The summed E-state index contributed by atoms with van der Waals surface area (Å²) in [5, 5.41) is 6.61. The van der Waals surface area contributed by atoms with Crippen LogP contribution in [0.1, 0.15) is 45.1 Å². The van der Waals surface area contributed by atoms with Gasteiger partial charge in [-0.2, -0.15) is 0 Å². The number of esters is 1. The van der Waals surface area contributed by atoms with Crippen LogP contribution in [0.3, 0.4) is 0 Å². The fraction of sp³-hybridized carbons (Fsp3) is 0.579. The van der Waals surface area contributed by atoms with Crippen molar-refractivity contribution in [3.63, 3.8) is 0 Å². The summed E-state index contributed by atoms with van der Waals surface area (Å²) >= 11 is 3.26. The summed E-state index contributed by atoms with van der Waals surface area (Å²) in [6.45, 7) is 5.26. The van der Waals surface area contributed by atoms with Crippen LogP contribution in [0.15, 0.2) is 27.7 Å². The van der Waals surface area contributed by atoms with Crippen LogP contribution >= 0.6 is 39.9 Å². The lowest BCUT2D eigenvalue weighted by atomic mass is 9.86. The zero-order valence-electron chi connectivity index (χ0n) is 15.8. The van der Waals surface area contributed by atoms with Gasteiger partial charge in [-0.3, -0.25) is 4.79 Å². The molecular formula is C19H28BrFIN3O2. The maximum Gasteiger partial charge on any atom is 0.308 e. The van der Waals surface area contributed by atoms with Gasteiger partial charge in [0.05, 0.1) is 19.1 Å². The van der Waals surface area contributed by atoms with E-state index in [1.165, 1.54) is 6.07 Å². The lowest BCUT2D eigenvalue weighted by Gasteiger charge is -2.29. The average Bonchev–Trinajstić information content (AvgIpc) is 2.62. The standard InChI is InChI=1S/C19H27BrFN3O2.HI/c1-3-22-19(23-12-14-5-8-15(20)11-17(14)21)24-16-9-6-13(7-10-16)18(25)26-4-2;/h5,8,11,13,16H,3-4,6-7,9-10,12H2,1-2H3,(H2,22,23,24);1H. The quantitative estimate of drug-likeness (QED) is 0.237. The number of halogens is 3. The largest absolute Gasteiger partial charge is 0.466 e. The highest BCUT2D eigenvalue weighted by Gasteiger charge is 2.27. The third-order valence-electron chi connectivity index (χ3n) is 4.45. The summed E-state index contributed by atoms with van der Waals surface area (Å²) in [6, 6.07) is 5.25. The van der Waals surface area contributed by atoms with E-state index in [4.69, 9.17) is 4.74 Å². The van der Waals surface area contributed by atoms with E-state index >= 15 is 0 Å². The summed E-state index contributed by atoms with van der Waals surface area (Å²) in [4.78, 5) is 16.3. The van der Waals surface area contributed by atoms with Crippen molar-refractivity contribution in [2.24, 2.45) is 10.9 Å². The molecule has 152 valence electrons. The lowest BCUT2D eigenvalue weighted by Crippen LogP contribution is -2.45. The first kappa shape index (κ1) is 24.1. The summed E-state index contributed by atoms with van der Waals surface area (Å²) < 4.78 is 19.8. The minimum atomic E-state index is -0.270.